The molecule has 3 aromatic rings. The van der Waals surface area contributed by atoms with Crippen LogP contribution >= 0.6 is 11.6 Å². The van der Waals surface area contributed by atoms with Crippen molar-refractivity contribution in [3.05, 3.63) is 87.9 Å². The molecule has 1 aliphatic carbocycles. The molecule has 6 heteroatoms. The van der Waals surface area contributed by atoms with Gasteiger partial charge in [-0.05, 0) is 47.9 Å². The molecule has 0 saturated carbocycles. The molecule has 144 valence electrons. The molecule has 0 atom stereocenters. The maximum atomic E-state index is 12.6. The van der Waals surface area contributed by atoms with Gasteiger partial charge in [0.2, 0.25) is 5.91 Å². The lowest BCUT2D eigenvalue weighted by Gasteiger charge is -2.09. The number of fused-ring (bicyclic) bond motifs is 3. The maximum absolute atomic E-state index is 12.6. The van der Waals surface area contributed by atoms with Gasteiger partial charge in [0.15, 0.2) is 5.78 Å². The van der Waals surface area contributed by atoms with Crippen LogP contribution in [0.15, 0.2) is 60.7 Å². The Morgan fingerprint density at radius 2 is 1.62 bits per heavy atom. The standard InChI is InChI=1S/C23H17ClN2O3/c1-13-6-9-20(19(24)10-13)26-21(27)12-25-23(29)14-7-8-16-15-4-2-3-5-17(15)22(28)18(16)11-14/h2-11H,12H2,1H3,(H,25,29)(H,26,27). The molecule has 0 aromatic heterocycles. The van der Waals surface area contributed by atoms with Gasteiger partial charge >= 0.3 is 0 Å². The van der Waals surface area contributed by atoms with E-state index in [2.05, 4.69) is 10.6 Å². The fraction of sp³-hybridized carbons (Fsp3) is 0.0870. The number of nitrogens with one attached hydrogen (secondary N) is 2. The van der Waals surface area contributed by atoms with Crippen molar-refractivity contribution in [3.8, 4) is 11.1 Å². The fourth-order valence-electron chi connectivity index (χ4n) is 3.35. The summed E-state index contributed by atoms with van der Waals surface area (Å²) in [5, 5.41) is 5.67. The summed E-state index contributed by atoms with van der Waals surface area (Å²) in [6.45, 7) is 1.69. The second kappa shape index (κ2) is 7.53. The van der Waals surface area contributed by atoms with E-state index in [0.717, 1.165) is 16.7 Å². The highest BCUT2D eigenvalue weighted by atomic mass is 35.5. The molecule has 0 bridgehead atoms. The van der Waals surface area contributed by atoms with E-state index in [1.807, 2.05) is 31.2 Å². The summed E-state index contributed by atoms with van der Waals surface area (Å²) in [4.78, 5) is 37.2. The van der Waals surface area contributed by atoms with Gasteiger partial charge in [0.05, 0.1) is 17.3 Å². The minimum absolute atomic E-state index is 0.1000. The Morgan fingerprint density at radius 1 is 0.897 bits per heavy atom. The van der Waals surface area contributed by atoms with Crippen LogP contribution in [-0.2, 0) is 4.79 Å². The van der Waals surface area contributed by atoms with Gasteiger partial charge in [-0.1, -0.05) is 48.0 Å². The molecule has 5 nitrogen and oxygen atoms in total. The zero-order chi connectivity index (χ0) is 20.5. The van der Waals surface area contributed by atoms with Crippen molar-refractivity contribution in [3.63, 3.8) is 0 Å². The molecule has 0 heterocycles. The average Bonchev–Trinajstić information content (AvgIpc) is 3.00. The molecule has 3 aromatic carbocycles. The Hall–Kier alpha value is -3.44. The molecular weight excluding hydrogens is 388 g/mol. The third-order valence-corrected chi connectivity index (χ3v) is 5.11. The van der Waals surface area contributed by atoms with Crippen LogP contribution < -0.4 is 10.6 Å². The summed E-state index contributed by atoms with van der Waals surface area (Å²) < 4.78 is 0. The van der Waals surface area contributed by atoms with Crippen LogP contribution in [0.5, 0.6) is 0 Å². The predicted octanol–water partition coefficient (Wildman–Crippen LogP) is 4.23. The lowest BCUT2D eigenvalue weighted by Crippen LogP contribution is -2.33. The molecule has 0 fully saturated rings. The number of anilines is 1. The van der Waals surface area contributed by atoms with Gasteiger partial charge in [0.1, 0.15) is 0 Å². The molecule has 29 heavy (non-hydrogen) atoms. The maximum Gasteiger partial charge on any atom is 0.251 e. The van der Waals surface area contributed by atoms with Crippen molar-refractivity contribution in [1.29, 1.82) is 0 Å². The predicted molar refractivity (Wildman–Crippen MR) is 112 cm³/mol. The van der Waals surface area contributed by atoms with Crippen LogP contribution in [0.4, 0.5) is 5.69 Å². The highest BCUT2D eigenvalue weighted by Crippen LogP contribution is 2.36. The van der Waals surface area contributed by atoms with Crippen LogP contribution in [0, 0.1) is 6.92 Å². The number of benzene rings is 3. The largest absolute Gasteiger partial charge is 0.343 e. The zero-order valence-electron chi connectivity index (χ0n) is 15.6. The number of hydrogen-bond acceptors (Lipinski definition) is 3. The van der Waals surface area contributed by atoms with Crippen molar-refractivity contribution < 1.29 is 14.4 Å². The first kappa shape index (κ1) is 18.9. The van der Waals surface area contributed by atoms with E-state index in [-0.39, 0.29) is 12.3 Å². The lowest BCUT2D eigenvalue weighted by molar-refractivity contribution is -0.115. The molecule has 2 amide bonds. The summed E-state index contributed by atoms with van der Waals surface area (Å²) in [6.07, 6.45) is 0. The number of hydrogen-bond donors (Lipinski definition) is 2. The number of aryl methyl sites for hydroxylation is 1. The number of carbonyl (C=O) groups is 3. The number of rotatable bonds is 4. The third-order valence-electron chi connectivity index (χ3n) is 4.80. The molecule has 0 radical (unpaired) electrons. The van der Waals surface area contributed by atoms with Gasteiger partial charge in [-0.15, -0.1) is 0 Å². The van der Waals surface area contributed by atoms with Crippen molar-refractivity contribution in [2.24, 2.45) is 0 Å². The van der Waals surface area contributed by atoms with Crippen molar-refractivity contribution in [1.82, 2.24) is 5.32 Å². The highest BCUT2D eigenvalue weighted by molar-refractivity contribution is 6.33. The Morgan fingerprint density at radius 3 is 2.38 bits per heavy atom. The van der Waals surface area contributed by atoms with Gasteiger partial charge in [0.25, 0.3) is 5.91 Å². The van der Waals surface area contributed by atoms with E-state index in [1.54, 1.807) is 36.4 Å². The Kier molecular flexibility index (Phi) is 4.91. The van der Waals surface area contributed by atoms with Crippen molar-refractivity contribution in [2.75, 3.05) is 11.9 Å². The number of ketones is 1. The average molecular weight is 405 g/mol. The van der Waals surface area contributed by atoms with Crippen LogP contribution in [0.1, 0.15) is 31.8 Å². The van der Waals surface area contributed by atoms with E-state index in [9.17, 15) is 14.4 Å². The minimum Gasteiger partial charge on any atom is -0.343 e. The normalized spacial score (nSPS) is 11.6. The molecule has 0 spiro atoms. The molecular formula is C23H17ClN2O3. The van der Waals surface area contributed by atoms with Gasteiger partial charge in [-0.2, -0.15) is 0 Å². The smallest absolute Gasteiger partial charge is 0.251 e. The monoisotopic (exact) mass is 404 g/mol. The molecule has 2 N–H and O–H groups in total. The summed E-state index contributed by atoms with van der Waals surface area (Å²) >= 11 is 6.10. The Balaban J connectivity index is 1.43. The fourth-order valence-corrected chi connectivity index (χ4v) is 3.63. The summed E-state index contributed by atoms with van der Waals surface area (Å²) in [7, 11) is 0. The number of carbonyl (C=O) groups excluding carboxylic acids is 3. The molecule has 0 aliphatic heterocycles. The lowest BCUT2D eigenvalue weighted by atomic mass is 10.0. The molecule has 0 saturated heterocycles. The Labute approximate surface area is 172 Å². The number of amides is 2. The second-order valence-corrected chi connectivity index (χ2v) is 7.26. The van der Waals surface area contributed by atoms with E-state index in [0.29, 0.717) is 27.4 Å². The summed E-state index contributed by atoms with van der Waals surface area (Å²) in [6, 6.07) is 17.6. The first-order valence-corrected chi connectivity index (χ1v) is 9.44. The van der Waals surface area contributed by atoms with Gasteiger partial charge in [-0.25, -0.2) is 0 Å². The van der Waals surface area contributed by atoms with E-state index in [1.165, 1.54) is 0 Å². The van der Waals surface area contributed by atoms with Gasteiger partial charge in [0, 0.05) is 16.7 Å². The van der Waals surface area contributed by atoms with Crippen molar-refractivity contribution >= 4 is 34.9 Å². The molecule has 4 rings (SSSR count). The first-order chi connectivity index (χ1) is 13.9. The second-order valence-electron chi connectivity index (χ2n) is 6.85. The third kappa shape index (κ3) is 3.65. The SMILES string of the molecule is Cc1ccc(NC(=O)CNC(=O)c2ccc3c(c2)C(=O)c2ccccc2-3)c(Cl)c1. The van der Waals surface area contributed by atoms with E-state index in [4.69, 9.17) is 11.6 Å². The van der Waals surface area contributed by atoms with E-state index < -0.39 is 11.8 Å². The summed E-state index contributed by atoms with van der Waals surface area (Å²) in [5.74, 6) is -0.924. The van der Waals surface area contributed by atoms with Crippen LogP contribution in [-0.4, -0.2) is 24.1 Å². The first-order valence-electron chi connectivity index (χ1n) is 9.06. The Bertz CT molecular complexity index is 1170. The van der Waals surface area contributed by atoms with Crippen LogP contribution in [0.25, 0.3) is 11.1 Å². The highest BCUT2D eigenvalue weighted by Gasteiger charge is 2.27. The van der Waals surface area contributed by atoms with Crippen molar-refractivity contribution in [2.45, 2.75) is 6.92 Å². The van der Waals surface area contributed by atoms with Gasteiger partial charge in [-0.3, -0.25) is 14.4 Å². The van der Waals surface area contributed by atoms with E-state index >= 15 is 0 Å². The molecule has 1 aliphatic rings. The minimum atomic E-state index is -0.429. The van der Waals surface area contributed by atoms with Crippen LogP contribution in [0.2, 0.25) is 5.02 Å². The quantitative estimate of drug-likeness (QED) is 0.534. The zero-order valence-corrected chi connectivity index (χ0v) is 16.3. The number of halogens is 1. The molecule has 0 unspecified atom stereocenters. The summed E-state index contributed by atoms with van der Waals surface area (Å²) in [5.41, 5.74) is 4.60. The van der Waals surface area contributed by atoms with Gasteiger partial charge < -0.3 is 10.6 Å². The topological polar surface area (TPSA) is 75.3 Å². The van der Waals surface area contributed by atoms with Crippen LogP contribution in [0.3, 0.4) is 0 Å².